The predicted octanol–water partition coefficient (Wildman–Crippen LogP) is 1.40. The first-order valence-electron chi connectivity index (χ1n) is 5.91. The molecule has 7 heteroatoms. The van der Waals surface area contributed by atoms with Gasteiger partial charge in [-0.3, -0.25) is 9.78 Å². The van der Waals surface area contributed by atoms with Crippen molar-refractivity contribution in [3.8, 4) is 0 Å². The summed E-state index contributed by atoms with van der Waals surface area (Å²) in [6.45, 7) is 1.88. The number of aromatic nitrogens is 2. The fourth-order valence-electron chi connectivity index (χ4n) is 1.65. The molecule has 0 spiro atoms. The minimum Gasteiger partial charge on any atom is -0.477 e. The van der Waals surface area contributed by atoms with Crippen molar-refractivity contribution in [1.82, 2.24) is 15.3 Å². The number of hydrogen-bond donors (Lipinski definition) is 2. The number of aromatic carboxylic acids is 1. The molecule has 0 aliphatic carbocycles. The number of carboxylic acid groups (broad SMARTS) is 1. The van der Waals surface area contributed by atoms with Crippen LogP contribution >= 0.6 is 11.3 Å². The molecule has 0 aliphatic heterocycles. The van der Waals surface area contributed by atoms with Gasteiger partial charge in [-0.1, -0.05) is 0 Å². The molecule has 0 unspecified atom stereocenters. The number of carbonyl (C=O) groups excluding carboxylic acids is 1. The van der Waals surface area contributed by atoms with E-state index in [9.17, 15) is 9.59 Å². The van der Waals surface area contributed by atoms with Crippen LogP contribution in [-0.2, 0) is 17.8 Å². The summed E-state index contributed by atoms with van der Waals surface area (Å²) in [5.41, 5.74) is 1.35. The van der Waals surface area contributed by atoms with Crippen LogP contribution in [0.4, 0.5) is 0 Å². The van der Waals surface area contributed by atoms with Crippen molar-refractivity contribution in [1.29, 1.82) is 0 Å². The number of pyridine rings is 1. The van der Waals surface area contributed by atoms with Gasteiger partial charge in [0.15, 0.2) is 0 Å². The third kappa shape index (κ3) is 3.61. The van der Waals surface area contributed by atoms with Crippen LogP contribution in [0.2, 0.25) is 0 Å². The summed E-state index contributed by atoms with van der Waals surface area (Å²) >= 11 is 1.08. The second-order valence-corrected chi connectivity index (χ2v) is 5.22. The second kappa shape index (κ2) is 6.25. The molecule has 104 valence electrons. The number of aryl methyl sites for hydroxylation is 1. The molecule has 2 heterocycles. The molecule has 6 nitrogen and oxygen atoms in total. The lowest BCUT2D eigenvalue weighted by Crippen LogP contribution is -2.24. The Morgan fingerprint density at radius 3 is 2.65 bits per heavy atom. The summed E-state index contributed by atoms with van der Waals surface area (Å²) in [5, 5.41) is 12.2. The fourth-order valence-corrected chi connectivity index (χ4v) is 2.49. The summed E-state index contributed by atoms with van der Waals surface area (Å²) in [5.74, 6) is -1.13. The molecule has 2 N–H and O–H groups in total. The van der Waals surface area contributed by atoms with Crippen LogP contribution in [-0.4, -0.2) is 27.0 Å². The number of thiazole rings is 1. The van der Waals surface area contributed by atoms with E-state index >= 15 is 0 Å². The highest BCUT2D eigenvalue weighted by atomic mass is 32.1. The molecule has 2 aromatic heterocycles. The van der Waals surface area contributed by atoms with Crippen LogP contribution in [0.15, 0.2) is 24.5 Å². The number of hydrogen-bond acceptors (Lipinski definition) is 5. The zero-order valence-corrected chi connectivity index (χ0v) is 11.6. The van der Waals surface area contributed by atoms with Crippen LogP contribution < -0.4 is 5.32 Å². The Morgan fingerprint density at radius 2 is 2.05 bits per heavy atom. The lowest BCUT2D eigenvalue weighted by molar-refractivity contribution is -0.120. The van der Waals surface area contributed by atoms with Gasteiger partial charge in [0.2, 0.25) is 5.91 Å². The first-order valence-corrected chi connectivity index (χ1v) is 6.73. The molecular weight excluding hydrogens is 278 g/mol. The number of rotatable bonds is 5. The third-order valence-electron chi connectivity index (χ3n) is 2.59. The van der Waals surface area contributed by atoms with Gasteiger partial charge in [-0.25, -0.2) is 9.78 Å². The molecule has 0 saturated heterocycles. The van der Waals surface area contributed by atoms with Crippen molar-refractivity contribution < 1.29 is 14.7 Å². The monoisotopic (exact) mass is 291 g/mol. The van der Waals surface area contributed by atoms with Crippen molar-refractivity contribution in [3.63, 3.8) is 0 Å². The van der Waals surface area contributed by atoms with Gasteiger partial charge in [0.1, 0.15) is 9.88 Å². The van der Waals surface area contributed by atoms with Crippen LogP contribution in [0.3, 0.4) is 0 Å². The minimum absolute atomic E-state index is 0.138. The van der Waals surface area contributed by atoms with Crippen molar-refractivity contribution in [3.05, 3.63) is 45.7 Å². The van der Waals surface area contributed by atoms with E-state index in [-0.39, 0.29) is 23.7 Å². The molecule has 0 radical (unpaired) electrons. The van der Waals surface area contributed by atoms with Gasteiger partial charge in [-0.05, 0) is 24.6 Å². The number of carbonyl (C=O) groups is 2. The average molecular weight is 291 g/mol. The second-order valence-electron chi connectivity index (χ2n) is 4.14. The molecule has 20 heavy (non-hydrogen) atoms. The summed E-state index contributed by atoms with van der Waals surface area (Å²) in [7, 11) is 0. The van der Waals surface area contributed by atoms with E-state index in [4.69, 9.17) is 5.11 Å². The first kappa shape index (κ1) is 14.1. The van der Waals surface area contributed by atoms with Crippen molar-refractivity contribution in [2.45, 2.75) is 19.9 Å². The van der Waals surface area contributed by atoms with E-state index in [0.29, 0.717) is 10.7 Å². The molecule has 0 aliphatic rings. The smallest absolute Gasteiger partial charge is 0.347 e. The quantitative estimate of drug-likeness (QED) is 0.868. The van der Waals surface area contributed by atoms with Gasteiger partial charge in [-0.15, -0.1) is 11.3 Å². The van der Waals surface area contributed by atoms with E-state index < -0.39 is 5.97 Å². The maximum atomic E-state index is 11.7. The van der Waals surface area contributed by atoms with Gasteiger partial charge in [0.25, 0.3) is 0 Å². The van der Waals surface area contributed by atoms with E-state index in [1.807, 2.05) is 0 Å². The summed E-state index contributed by atoms with van der Waals surface area (Å²) in [6.07, 6.45) is 3.52. The molecular formula is C13H13N3O3S. The van der Waals surface area contributed by atoms with Crippen LogP contribution in [0.25, 0.3) is 0 Å². The van der Waals surface area contributed by atoms with Gasteiger partial charge >= 0.3 is 5.97 Å². The van der Waals surface area contributed by atoms with Gasteiger partial charge in [-0.2, -0.15) is 0 Å². The highest BCUT2D eigenvalue weighted by Crippen LogP contribution is 2.17. The number of carboxylic acids is 1. The summed E-state index contributed by atoms with van der Waals surface area (Å²) in [4.78, 5) is 30.8. The maximum Gasteiger partial charge on any atom is 0.347 e. The molecule has 0 fully saturated rings. The lowest BCUT2D eigenvalue weighted by Gasteiger charge is -2.02. The Hall–Kier alpha value is -2.28. The number of nitrogens with one attached hydrogen (secondary N) is 1. The van der Waals surface area contributed by atoms with Crippen LogP contribution in [0.1, 0.15) is 25.9 Å². The highest BCUT2D eigenvalue weighted by Gasteiger charge is 2.14. The van der Waals surface area contributed by atoms with E-state index in [2.05, 4.69) is 15.3 Å². The standard InChI is InChI=1S/C13H13N3O3S/c1-8-12(13(18)19)20-11(16-8)7-15-10(17)6-9-2-4-14-5-3-9/h2-5H,6-7H2,1H3,(H,15,17)(H,18,19). The number of nitrogens with zero attached hydrogens (tertiary/aromatic N) is 2. The van der Waals surface area contributed by atoms with Crippen molar-refractivity contribution >= 4 is 23.2 Å². The van der Waals surface area contributed by atoms with Gasteiger partial charge in [0, 0.05) is 12.4 Å². The average Bonchev–Trinajstić information content (AvgIpc) is 2.79. The molecule has 2 aromatic rings. The van der Waals surface area contributed by atoms with Crippen molar-refractivity contribution in [2.75, 3.05) is 0 Å². The molecule has 1 amide bonds. The van der Waals surface area contributed by atoms with Crippen LogP contribution in [0, 0.1) is 6.92 Å². The molecule has 0 saturated carbocycles. The Morgan fingerprint density at radius 1 is 1.35 bits per heavy atom. The van der Waals surface area contributed by atoms with Crippen molar-refractivity contribution in [2.24, 2.45) is 0 Å². The van der Waals surface area contributed by atoms with E-state index in [1.165, 1.54) is 0 Å². The zero-order chi connectivity index (χ0) is 14.5. The lowest BCUT2D eigenvalue weighted by atomic mass is 10.2. The Kier molecular flexibility index (Phi) is 4.41. The summed E-state index contributed by atoms with van der Waals surface area (Å²) < 4.78 is 0. The first-order chi connectivity index (χ1) is 9.56. The van der Waals surface area contributed by atoms with E-state index in [0.717, 1.165) is 16.9 Å². The Balaban J connectivity index is 1.90. The molecule has 0 aromatic carbocycles. The topological polar surface area (TPSA) is 92.2 Å². The normalized spacial score (nSPS) is 10.2. The minimum atomic E-state index is -0.991. The Bertz CT molecular complexity index is 625. The van der Waals surface area contributed by atoms with Gasteiger partial charge in [0.05, 0.1) is 18.7 Å². The molecule has 2 rings (SSSR count). The molecule has 0 bridgehead atoms. The fraction of sp³-hybridized carbons (Fsp3) is 0.231. The number of amides is 1. The largest absolute Gasteiger partial charge is 0.477 e. The molecule has 0 atom stereocenters. The van der Waals surface area contributed by atoms with Gasteiger partial charge < -0.3 is 10.4 Å². The maximum absolute atomic E-state index is 11.7. The van der Waals surface area contributed by atoms with E-state index in [1.54, 1.807) is 31.5 Å². The SMILES string of the molecule is Cc1nc(CNC(=O)Cc2ccncc2)sc1C(=O)O. The summed E-state index contributed by atoms with van der Waals surface area (Å²) in [6, 6.07) is 3.55. The Labute approximate surface area is 119 Å². The third-order valence-corrected chi connectivity index (χ3v) is 3.73. The zero-order valence-electron chi connectivity index (χ0n) is 10.8. The highest BCUT2D eigenvalue weighted by molar-refractivity contribution is 7.13. The predicted molar refractivity (Wildman–Crippen MR) is 73.6 cm³/mol. The van der Waals surface area contributed by atoms with Crippen LogP contribution in [0.5, 0.6) is 0 Å².